The van der Waals surface area contributed by atoms with E-state index in [1.807, 2.05) is 13.8 Å². The summed E-state index contributed by atoms with van der Waals surface area (Å²) >= 11 is 3.21. The molecule has 0 fully saturated rings. The SMILES string of the molecule is Cc1c(C)c(C)c(COC(=O)c2ccc(CBr)c([N+](=O)[O-])c2)c(C)c1C. The fourth-order valence-electron chi connectivity index (χ4n) is 2.99. The number of nitro groups is 1. The Morgan fingerprint density at radius 2 is 1.58 bits per heavy atom. The number of carbonyl (C=O) groups is 1. The van der Waals surface area contributed by atoms with Crippen LogP contribution in [0.5, 0.6) is 0 Å². The van der Waals surface area contributed by atoms with Gasteiger partial charge >= 0.3 is 5.97 Å². The Hall–Kier alpha value is -2.21. The van der Waals surface area contributed by atoms with E-state index in [2.05, 4.69) is 36.7 Å². The molecular weight excluding hydrogens is 398 g/mol. The van der Waals surface area contributed by atoms with Gasteiger partial charge in [0.25, 0.3) is 5.69 Å². The molecule has 0 spiro atoms. The van der Waals surface area contributed by atoms with Crippen LogP contribution < -0.4 is 0 Å². The first-order valence-corrected chi connectivity index (χ1v) is 9.37. The van der Waals surface area contributed by atoms with Crippen LogP contribution in [-0.2, 0) is 16.7 Å². The van der Waals surface area contributed by atoms with E-state index >= 15 is 0 Å². The number of carbonyl (C=O) groups excluding carboxylic acids is 1. The minimum absolute atomic E-state index is 0.0919. The molecule has 0 atom stereocenters. The lowest BCUT2D eigenvalue weighted by molar-refractivity contribution is -0.385. The molecule has 6 heteroatoms. The third-order valence-corrected chi connectivity index (χ3v) is 5.77. The molecule has 2 aromatic carbocycles. The molecule has 0 radical (unpaired) electrons. The molecule has 0 amide bonds. The van der Waals surface area contributed by atoms with E-state index in [-0.39, 0.29) is 17.9 Å². The molecule has 0 saturated heterocycles. The maximum absolute atomic E-state index is 12.4. The van der Waals surface area contributed by atoms with E-state index in [9.17, 15) is 14.9 Å². The van der Waals surface area contributed by atoms with Crippen molar-refractivity contribution in [2.75, 3.05) is 0 Å². The molecule has 0 heterocycles. The molecule has 0 saturated carbocycles. The van der Waals surface area contributed by atoms with E-state index in [1.165, 1.54) is 22.8 Å². The highest BCUT2D eigenvalue weighted by atomic mass is 79.9. The fraction of sp³-hybridized carbons (Fsp3) is 0.350. The monoisotopic (exact) mass is 419 g/mol. The van der Waals surface area contributed by atoms with Crippen LogP contribution >= 0.6 is 15.9 Å². The van der Waals surface area contributed by atoms with Crippen LogP contribution in [0.15, 0.2) is 18.2 Å². The van der Waals surface area contributed by atoms with Crippen molar-refractivity contribution in [2.24, 2.45) is 0 Å². The number of rotatable bonds is 5. The number of hydrogen-bond donors (Lipinski definition) is 0. The molecule has 0 aliphatic rings. The van der Waals surface area contributed by atoms with Crippen molar-refractivity contribution in [3.8, 4) is 0 Å². The highest BCUT2D eigenvalue weighted by Crippen LogP contribution is 2.27. The number of ether oxygens (including phenoxy) is 1. The van der Waals surface area contributed by atoms with Gasteiger partial charge in [-0.2, -0.15) is 0 Å². The van der Waals surface area contributed by atoms with Crippen molar-refractivity contribution >= 4 is 27.6 Å². The van der Waals surface area contributed by atoms with E-state index in [0.29, 0.717) is 10.9 Å². The van der Waals surface area contributed by atoms with Gasteiger partial charge in [0.1, 0.15) is 6.61 Å². The van der Waals surface area contributed by atoms with Crippen molar-refractivity contribution in [1.29, 1.82) is 0 Å². The quantitative estimate of drug-likeness (QED) is 0.282. The summed E-state index contributed by atoms with van der Waals surface area (Å²) in [4.78, 5) is 23.1. The van der Waals surface area contributed by atoms with Crippen LogP contribution in [0.25, 0.3) is 0 Å². The maximum atomic E-state index is 12.4. The Bertz CT molecular complexity index is 861. The molecule has 0 unspecified atom stereocenters. The van der Waals surface area contributed by atoms with Gasteiger partial charge in [-0.1, -0.05) is 22.0 Å². The summed E-state index contributed by atoms with van der Waals surface area (Å²) in [6, 6.07) is 4.39. The highest BCUT2D eigenvalue weighted by Gasteiger charge is 2.19. The van der Waals surface area contributed by atoms with E-state index in [1.54, 1.807) is 12.1 Å². The summed E-state index contributed by atoms with van der Waals surface area (Å²) in [5.74, 6) is -0.566. The Kier molecular flexibility index (Phi) is 6.18. The normalized spacial score (nSPS) is 10.7. The Balaban J connectivity index is 2.28. The molecule has 2 aromatic rings. The third-order valence-electron chi connectivity index (χ3n) is 5.16. The predicted molar refractivity (Wildman–Crippen MR) is 105 cm³/mol. The Morgan fingerprint density at radius 1 is 1.04 bits per heavy atom. The molecule has 2 rings (SSSR count). The van der Waals surface area contributed by atoms with Gasteiger partial charge in [-0.05, 0) is 74.1 Å². The first kappa shape index (κ1) is 20.1. The lowest BCUT2D eigenvalue weighted by atomic mass is 9.90. The summed E-state index contributed by atoms with van der Waals surface area (Å²) in [7, 11) is 0. The zero-order valence-electron chi connectivity index (χ0n) is 15.6. The minimum Gasteiger partial charge on any atom is -0.457 e. The second-order valence-electron chi connectivity index (χ2n) is 6.41. The first-order chi connectivity index (χ1) is 12.2. The van der Waals surface area contributed by atoms with Gasteiger partial charge in [0.05, 0.1) is 10.5 Å². The number of benzene rings is 2. The molecule has 0 N–H and O–H groups in total. The van der Waals surface area contributed by atoms with Crippen molar-refractivity contribution in [3.63, 3.8) is 0 Å². The smallest absolute Gasteiger partial charge is 0.338 e. The van der Waals surface area contributed by atoms with Crippen LogP contribution in [0.4, 0.5) is 5.69 Å². The zero-order chi connectivity index (χ0) is 19.6. The van der Waals surface area contributed by atoms with Crippen molar-refractivity contribution in [3.05, 3.63) is 72.8 Å². The third kappa shape index (κ3) is 3.80. The summed E-state index contributed by atoms with van der Waals surface area (Å²) in [6.45, 7) is 10.4. The predicted octanol–water partition coefficient (Wildman–Crippen LogP) is 5.39. The second-order valence-corrected chi connectivity index (χ2v) is 6.97. The van der Waals surface area contributed by atoms with Gasteiger partial charge in [-0.15, -0.1) is 0 Å². The van der Waals surface area contributed by atoms with Crippen LogP contribution in [-0.4, -0.2) is 10.9 Å². The highest BCUT2D eigenvalue weighted by molar-refractivity contribution is 9.08. The lowest BCUT2D eigenvalue weighted by Crippen LogP contribution is -2.10. The minimum atomic E-state index is -0.566. The van der Waals surface area contributed by atoms with Crippen LogP contribution in [0.1, 0.15) is 49.3 Å². The zero-order valence-corrected chi connectivity index (χ0v) is 17.2. The van der Waals surface area contributed by atoms with Gasteiger partial charge in [0.2, 0.25) is 0 Å². The lowest BCUT2D eigenvalue weighted by Gasteiger charge is -2.18. The van der Waals surface area contributed by atoms with E-state index in [4.69, 9.17) is 4.74 Å². The number of alkyl halides is 1. The Morgan fingerprint density at radius 3 is 2.08 bits per heavy atom. The summed E-state index contributed by atoms with van der Waals surface area (Å²) in [6.07, 6.45) is 0. The number of nitro benzene ring substituents is 1. The maximum Gasteiger partial charge on any atom is 0.338 e. The fourth-order valence-corrected chi connectivity index (χ4v) is 3.46. The molecule has 0 bridgehead atoms. The number of halogens is 1. The average molecular weight is 420 g/mol. The van der Waals surface area contributed by atoms with Gasteiger partial charge in [-0.25, -0.2) is 4.79 Å². The standard InChI is InChI=1S/C20H22BrNO4/c1-11-12(2)14(4)18(15(5)13(11)3)10-26-20(23)16-6-7-17(9-21)19(8-16)22(24)25/h6-8H,9-10H2,1-5H3. The van der Waals surface area contributed by atoms with Gasteiger partial charge in [0, 0.05) is 17.0 Å². The summed E-state index contributed by atoms with van der Waals surface area (Å²) in [5, 5.41) is 11.5. The van der Waals surface area contributed by atoms with Crippen molar-refractivity contribution in [2.45, 2.75) is 46.6 Å². The molecule has 0 aliphatic heterocycles. The second kappa shape index (κ2) is 7.99. The molecule has 0 aromatic heterocycles. The topological polar surface area (TPSA) is 69.4 Å². The van der Waals surface area contributed by atoms with Gasteiger partial charge in [-0.3, -0.25) is 10.1 Å². The first-order valence-electron chi connectivity index (χ1n) is 8.25. The van der Waals surface area contributed by atoms with Crippen LogP contribution in [0.2, 0.25) is 0 Å². The number of hydrogen-bond acceptors (Lipinski definition) is 4. The van der Waals surface area contributed by atoms with Gasteiger partial charge < -0.3 is 4.74 Å². The van der Waals surface area contributed by atoms with Crippen molar-refractivity contribution in [1.82, 2.24) is 0 Å². The van der Waals surface area contributed by atoms with Gasteiger partial charge in [0.15, 0.2) is 0 Å². The van der Waals surface area contributed by atoms with Crippen LogP contribution in [0, 0.1) is 44.7 Å². The molecular formula is C20H22BrNO4. The van der Waals surface area contributed by atoms with Crippen LogP contribution in [0.3, 0.4) is 0 Å². The molecule has 138 valence electrons. The number of nitrogens with zero attached hydrogens (tertiary/aromatic N) is 1. The van der Waals surface area contributed by atoms with E-state index < -0.39 is 10.9 Å². The molecule has 26 heavy (non-hydrogen) atoms. The molecule has 0 aliphatic carbocycles. The largest absolute Gasteiger partial charge is 0.457 e. The number of esters is 1. The van der Waals surface area contributed by atoms with Crippen molar-refractivity contribution < 1.29 is 14.5 Å². The summed E-state index contributed by atoms with van der Waals surface area (Å²) < 4.78 is 5.46. The van der Waals surface area contributed by atoms with E-state index in [0.717, 1.165) is 16.7 Å². The Labute approximate surface area is 161 Å². The summed E-state index contributed by atoms with van der Waals surface area (Å²) in [5.41, 5.74) is 7.44. The average Bonchev–Trinajstić information content (AvgIpc) is 2.63. The molecule has 5 nitrogen and oxygen atoms in total.